The normalized spacial score (nSPS) is 11.7. The van der Waals surface area contributed by atoms with Gasteiger partial charge in [0.2, 0.25) is 0 Å². The van der Waals surface area contributed by atoms with E-state index in [0.29, 0.717) is 10.6 Å². The van der Waals surface area contributed by atoms with Gasteiger partial charge in [-0.15, -0.1) is 0 Å². The zero-order chi connectivity index (χ0) is 14.7. The first-order valence-corrected chi connectivity index (χ1v) is 6.37. The summed E-state index contributed by atoms with van der Waals surface area (Å²) >= 11 is 5.90. The molecule has 20 heavy (non-hydrogen) atoms. The summed E-state index contributed by atoms with van der Waals surface area (Å²) in [7, 11) is 0. The number of hydrogen-bond donors (Lipinski definition) is 0. The van der Waals surface area contributed by atoms with Gasteiger partial charge in [-0.1, -0.05) is 29.8 Å². The van der Waals surface area contributed by atoms with Gasteiger partial charge in [-0.25, -0.2) is 4.39 Å². The van der Waals surface area contributed by atoms with Crippen molar-refractivity contribution in [1.29, 1.82) is 5.26 Å². The Hall–Kier alpha value is -2.18. The quantitative estimate of drug-likeness (QED) is 0.791. The van der Waals surface area contributed by atoms with Gasteiger partial charge in [-0.05, 0) is 36.8 Å². The second-order valence-corrected chi connectivity index (χ2v) is 4.82. The number of nitriles is 1. The van der Waals surface area contributed by atoms with Gasteiger partial charge >= 0.3 is 0 Å². The van der Waals surface area contributed by atoms with Crippen LogP contribution in [0, 0.1) is 24.1 Å². The third-order valence-electron chi connectivity index (χ3n) is 3.05. The second-order valence-electron chi connectivity index (χ2n) is 4.41. The number of benzene rings is 2. The topological polar surface area (TPSA) is 40.9 Å². The van der Waals surface area contributed by atoms with Gasteiger partial charge in [-0.3, -0.25) is 4.79 Å². The third-order valence-corrected chi connectivity index (χ3v) is 3.47. The lowest BCUT2D eigenvalue weighted by Gasteiger charge is -2.10. The monoisotopic (exact) mass is 287 g/mol. The van der Waals surface area contributed by atoms with E-state index in [-0.39, 0.29) is 5.56 Å². The maximum atomic E-state index is 13.7. The van der Waals surface area contributed by atoms with E-state index in [2.05, 4.69) is 0 Å². The molecule has 4 heteroatoms. The van der Waals surface area contributed by atoms with Crippen LogP contribution in [-0.2, 0) is 0 Å². The average Bonchev–Trinajstić information content (AvgIpc) is 2.44. The van der Waals surface area contributed by atoms with Crippen LogP contribution in [0.3, 0.4) is 0 Å². The molecule has 0 radical (unpaired) electrons. The molecule has 0 aliphatic rings. The van der Waals surface area contributed by atoms with E-state index in [1.165, 1.54) is 18.2 Å². The van der Waals surface area contributed by atoms with Crippen molar-refractivity contribution >= 4 is 17.4 Å². The lowest BCUT2D eigenvalue weighted by molar-refractivity contribution is 0.0977. The van der Waals surface area contributed by atoms with Gasteiger partial charge in [0.15, 0.2) is 5.78 Å². The number of Topliss-reactive ketones (excluding diaryl/α,β-unsaturated/α-hetero) is 1. The molecule has 0 N–H and O–H groups in total. The molecule has 0 aromatic heterocycles. The zero-order valence-corrected chi connectivity index (χ0v) is 11.5. The number of halogens is 2. The Morgan fingerprint density at radius 2 is 2.00 bits per heavy atom. The number of hydrogen-bond acceptors (Lipinski definition) is 2. The van der Waals surface area contributed by atoms with E-state index in [1.807, 2.05) is 6.07 Å². The Labute approximate surface area is 121 Å². The second kappa shape index (κ2) is 5.85. The Morgan fingerprint density at radius 3 is 2.60 bits per heavy atom. The smallest absolute Gasteiger partial charge is 0.184 e. The molecule has 0 bridgehead atoms. The van der Waals surface area contributed by atoms with Crippen molar-refractivity contribution in [2.24, 2.45) is 0 Å². The van der Waals surface area contributed by atoms with Crippen LogP contribution in [0.4, 0.5) is 4.39 Å². The SMILES string of the molecule is Cc1cc(C(=O)C(C#N)c2ccccc2F)ccc1Cl. The van der Waals surface area contributed by atoms with Gasteiger partial charge in [0.25, 0.3) is 0 Å². The summed E-state index contributed by atoms with van der Waals surface area (Å²) in [5.41, 5.74) is 1.18. The molecule has 0 saturated carbocycles. The maximum Gasteiger partial charge on any atom is 0.184 e. The minimum atomic E-state index is -1.16. The molecule has 0 aliphatic carbocycles. The van der Waals surface area contributed by atoms with Crippen LogP contribution in [0.15, 0.2) is 42.5 Å². The summed E-state index contributed by atoms with van der Waals surface area (Å²) in [6.45, 7) is 1.77. The molecule has 2 aromatic carbocycles. The van der Waals surface area contributed by atoms with Gasteiger partial charge in [0.1, 0.15) is 11.7 Å². The molecule has 1 unspecified atom stereocenters. The number of rotatable bonds is 3. The molecule has 2 aromatic rings. The first kappa shape index (κ1) is 14.2. The van der Waals surface area contributed by atoms with Crippen molar-refractivity contribution in [2.75, 3.05) is 0 Å². The summed E-state index contributed by atoms with van der Waals surface area (Å²) in [6.07, 6.45) is 0. The largest absolute Gasteiger partial charge is 0.292 e. The summed E-state index contributed by atoms with van der Waals surface area (Å²) in [5, 5.41) is 9.74. The molecule has 0 fully saturated rings. The Bertz CT molecular complexity index is 706. The minimum absolute atomic E-state index is 0.0904. The highest BCUT2D eigenvalue weighted by Crippen LogP contribution is 2.25. The van der Waals surface area contributed by atoms with Crippen molar-refractivity contribution in [3.8, 4) is 6.07 Å². The Morgan fingerprint density at radius 1 is 1.30 bits per heavy atom. The van der Waals surface area contributed by atoms with Crippen molar-refractivity contribution in [3.63, 3.8) is 0 Å². The first-order valence-electron chi connectivity index (χ1n) is 5.99. The van der Waals surface area contributed by atoms with Crippen LogP contribution >= 0.6 is 11.6 Å². The van der Waals surface area contributed by atoms with Crippen LogP contribution in [-0.4, -0.2) is 5.78 Å². The van der Waals surface area contributed by atoms with E-state index in [4.69, 9.17) is 11.6 Å². The maximum absolute atomic E-state index is 13.7. The number of carbonyl (C=O) groups excluding carboxylic acids is 1. The zero-order valence-electron chi connectivity index (χ0n) is 10.7. The van der Waals surface area contributed by atoms with Crippen molar-refractivity contribution in [1.82, 2.24) is 0 Å². The number of nitrogens with zero attached hydrogens (tertiary/aromatic N) is 1. The Kier molecular flexibility index (Phi) is 4.16. The van der Waals surface area contributed by atoms with Crippen LogP contribution in [0.2, 0.25) is 5.02 Å². The van der Waals surface area contributed by atoms with E-state index < -0.39 is 17.5 Å². The van der Waals surface area contributed by atoms with E-state index in [0.717, 1.165) is 5.56 Å². The molecule has 0 heterocycles. The molecule has 1 atom stereocenters. The fourth-order valence-corrected chi connectivity index (χ4v) is 2.06. The molecule has 2 nitrogen and oxygen atoms in total. The summed E-state index contributed by atoms with van der Waals surface area (Å²) in [4.78, 5) is 12.4. The highest BCUT2D eigenvalue weighted by Gasteiger charge is 2.24. The molecular formula is C16H11ClFNO. The van der Waals surface area contributed by atoms with Crippen molar-refractivity contribution in [2.45, 2.75) is 12.8 Å². The standard InChI is InChI=1S/C16H11ClFNO/c1-10-8-11(6-7-14(10)17)16(20)13(9-19)12-4-2-3-5-15(12)18/h2-8,13H,1H3. The molecule has 0 amide bonds. The molecule has 0 spiro atoms. The molecular weight excluding hydrogens is 277 g/mol. The predicted octanol–water partition coefficient (Wildman–Crippen LogP) is 4.28. The van der Waals surface area contributed by atoms with Gasteiger partial charge in [0.05, 0.1) is 6.07 Å². The lowest BCUT2D eigenvalue weighted by atomic mass is 9.91. The Balaban J connectivity index is 2.42. The first-order chi connectivity index (χ1) is 9.54. The van der Waals surface area contributed by atoms with Crippen LogP contribution < -0.4 is 0 Å². The predicted molar refractivity (Wildman–Crippen MR) is 75.3 cm³/mol. The van der Waals surface area contributed by atoms with Gasteiger partial charge < -0.3 is 0 Å². The number of carbonyl (C=O) groups is 1. The van der Waals surface area contributed by atoms with E-state index in [9.17, 15) is 14.4 Å². The van der Waals surface area contributed by atoms with Gasteiger partial charge in [0, 0.05) is 16.1 Å². The summed E-state index contributed by atoms with van der Waals surface area (Å²) < 4.78 is 13.7. The average molecular weight is 288 g/mol. The number of aryl methyl sites for hydroxylation is 1. The fourth-order valence-electron chi connectivity index (χ4n) is 1.94. The van der Waals surface area contributed by atoms with Crippen LogP contribution in [0.5, 0.6) is 0 Å². The van der Waals surface area contributed by atoms with Crippen LogP contribution in [0.25, 0.3) is 0 Å². The molecule has 0 saturated heterocycles. The fraction of sp³-hybridized carbons (Fsp3) is 0.125. The van der Waals surface area contributed by atoms with Crippen molar-refractivity contribution in [3.05, 3.63) is 70.0 Å². The lowest BCUT2D eigenvalue weighted by Crippen LogP contribution is -2.13. The summed E-state index contributed by atoms with van der Waals surface area (Å²) in [5.74, 6) is -2.15. The third kappa shape index (κ3) is 2.71. The molecule has 100 valence electrons. The molecule has 0 aliphatic heterocycles. The minimum Gasteiger partial charge on any atom is -0.292 e. The van der Waals surface area contributed by atoms with Gasteiger partial charge in [-0.2, -0.15) is 5.26 Å². The molecule has 2 rings (SSSR count). The van der Waals surface area contributed by atoms with E-state index >= 15 is 0 Å². The van der Waals surface area contributed by atoms with Crippen LogP contribution in [0.1, 0.15) is 27.4 Å². The highest BCUT2D eigenvalue weighted by atomic mass is 35.5. The number of ketones is 1. The highest BCUT2D eigenvalue weighted by molar-refractivity contribution is 6.31. The van der Waals surface area contributed by atoms with E-state index in [1.54, 1.807) is 31.2 Å². The summed E-state index contributed by atoms with van der Waals surface area (Å²) in [6, 6.07) is 12.4. The van der Waals surface area contributed by atoms with Crippen molar-refractivity contribution < 1.29 is 9.18 Å².